The van der Waals surface area contributed by atoms with E-state index in [1.165, 1.54) is 11.1 Å². The van der Waals surface area contributed by atoms with Gasteiger partial charge in [-0.2, -0.15) is 0 Å². The summed E-state index contributed by atoms with van der Waals surface area (Å²) < 4.78 is 0. The molecule has 0 spiro atoms. The van der Waals surface area contributed by atoms with E-state index in [0.29, 0.717) is 12.5 Å². The molecule has 2 N–H and O–H groups in total. The van der Waals surface area contributed by atoms with Gasteiger partial charge in [-0.15, -0.1) is 0 Å². The van der Waals surface area contributed by atoms with E-state index in [1.54, 1.807) is 0 Å². The zero-order chi connectivity index (χ0) is 16.8. The van der Waals surface area contributed by atoms with Crippen LogP contribution in [0.4, 0.5) is 0 Å². The molecule has 1 amide bonds. The van der Waals surface area contributed by atoms with Crippen molar-refractivity contribution in [2.75, 3.05) is 6.54 Å². The van der Waals surface area contributed by atoms with E-state index in [0.717, 1.165) is 19.4 Å². The zero-order valence-corrected chi connectivity index (χ0v) is 14.2. The van der Waals surface area contributed by atoms with Gasteiger partial charge in [0, 0.05) is 24.4 Å². The van der Waals surface area contributed by atoms with Crippen molar-refractivity contribution in [3.05, 3.63) is 71.8 Å². The fourth-order valence-corrected chi connectivity index (χ4v) is 3.49. The number of carbonyl (C=O) groups is 1. The van der Waals surface area contributed by atoms with Gasteiger partial charge in [-0.25, -0.2) is 0 Å². The van der Waals surface area contributed by atoms with Crippen LogP contribution < -0.4 is 10.6 Å². The molecule has 2 aromatic carbocycles. The summed E-state index contributed by atoms with van der Waals surface area (Å²) in [5.41, 5.74) is 2.38. The van der Waals surface area contributed by atoms with Crippen LogP contribution in [0.2, 0.25) is 0 Å². The Kier molecular flexibility index (Phi) is 5.65. The van der Waals surface area contributed by atoms with Crippen LogP contribution in [0, 0.1) is 0 Å². The van der Waals surface area contributed by atoms with Crippen LogP contribution in [-0.4, -0.2) is 24.5 Å². The Bertz CT molecular complexity index is 602. The van der Waals surface area contributed by atoms with Crippen LogP contribution in [0.3, 0.4) is 0 Å². The van der Waals surface area contributed by atoms with E-state index in [2.05, 4.69) is 41.8 Å². The van der Waals surface area contributed by atoms with Crippen LogP contribution in [-0.2, 0) is 4.79 Å². The zero-order valence-electron chi connectivity index (χ0n) is 14.2. The summed E-state index contributed by atoms with van der Waals surface area (Å²) in [5.74, 6) is 0.229. The molecule has 0 saturated carbocycles. The second-order valence-corrected chi connectivity index (χ2v) is 6.64. The summed E-state index contributed by atoms with van der Waals surface area (Å²) in [6.07, 6.45) is 2.66. The summed E-state index contributed by atoms with van der Waals surface area (Å²) >= 11 is 0. The highest BCUT2D eigenvalue weighted by molar-refractivity contribution is 5.78. The minimum atomic E-state index is 0.0965. The Morgan fingerprint density at radius 3 is 2.21 bits per heavy atom. The molecule has 2 atom stereocenters. The van der Waals surface area contributed by atoms with Gasteiger partial charge in [0.2, 0.25) is 5.91 Å². The fourth-order valence-electron chi connectivity index (χ4n) is 3.49. The molecule has 0 aromatic heterocycles. The molecule has 2 aromatic rings. The second kappa shape index (κ2) is 8.11. The highest BCUT2D eigenvalue weighted by atomic mass is 16.1. The van der Waals surface area contributed by atoms with Crippen molar-refractivity contribution in [3.63, 3.8) is 0 Å². The van der Waals surface area contributed by atoms with Crippen LogP contribution in [0.15, 0.2) is 60.7 Å². The van der Waals surface area contributed by atoms with E-state index in [9.17, 15) is 4.79 Å². The number of rotatable bonds is 5. The molecular weight excluding hydrogens is 296 g/mol. The predicted molar refractivity (Wildman–Crippen MR) is 98.0 cm³/mol. The number of piperidine rings is 1. The Morgan fingerprint density at radius 2 is 1.67 bits per heavy atom. The summed E-state index contributed by atoms with van der Waals surface area (Å²) in [4.78, 5) is 12.7. The number of amides is 1. The van der Waals surface area contributed by atoms with Crippen LogP contribution >= 0.6 is 0 Å². The van der Waals surface area contributed by atoms with Gasteiger partial charge in [0.1, 0.15) is 0 Å². The van der Waals surface area contributed by atoms with Gasteiger partial charge in [-0.05, 0) is 37.4 Å². The quantitative estimate of drug-likeness (QED) is 0.885. The Hall–Kier alpha value is -2.13. The molecule has 0 aliphatic carbocycles. The molecule has 126 valence electrons. The SMILES string of the molecule is CC1NCCCC1NC(=O)CC(c1ccccc1)c1ccccc1. The molecule has 1 fully saturated rings. The lowest BCUT2D eigenvalue weighted by molar-refractivity contribution is -0.122. The Balaban J connectivity index is 1.73. The smallest absolute Gasteiger partial charge is 0.221 e. The van der Waals surface area contributed by atoms with Gasteiger partial charge in [-0.1, -0.05) is 60.7 Å². The van der Waals surface area contributed by atoms with Crippen molar-refractivity contribution >= 4 is 5.91 Å². The molecule has 3 nitrogen and oxygen atoms in total. The highest BCUT2D eigenvalue weighted by Crippen LogP contribution is 2.28. The van der Waals surface area contributed by atoms with Crippen molar-refractivity contribution in [3.8, 4) is 0 Å². The number of benzene rings is 2. The van der Waals surface area contributed by atoms with Crippen molar-refractivity contribution in [1.82, 2.24) is 10.6 Å². The normalized spacial score (nSPS) is 20.8. The number of hydrogen-bond donors (Lipinski definition) is 2. The minimum absolute atomic E-state index is 0.0965. The second-order valence-electron chi connectivity index (χ2n) is 6.64. The topological polar surface area (TPSA) is 41.1 Å². The molecular formula is C21H26N2O. The van der Waals surface area contributed by atoms with Gasteiger partial charge >= 0.3 is 0 Å². The van der Waals surface area contributed by atoms with E-state index < -0.39 is 0 Å². The standard InChI is InChI=1S/C21H26N2O/c1-16-20(13-8-14-22-16)23-21(24)15-19(17-9-4-2-5-10-17)18-11-6-3-7-12-18/h2-7,9-12,16,19-20,22H,8,13-15H2,1H3,(H,23,24). The van der Waals surface area contributed by atoms with Gasteiger partial charge in [0.25, 0.3) is 0 Å². The van der Waals surface area contributed by atoms with Crippen molar-refractivity contribution in [2.45, 2.75) is 44.2 Å². The molecule has 24 heavy (non-hydrogen) atoms. The third kappa shape index (κ3) is 4.24. The first-order valence-electron chi connectivity index (χ1n) is 8.86. The predicted octanol–water partition coefficient (Wildman–Crippen LogP) is 3.47. The number of carbonyl (C=O) groups excluding carboxylic acids is 1. The molecule has 1 saturated heterocycles. The molecule has 1 aliphatic rings. The van der Waals surface area contributed by atoms with Crippen LogP contribution in [0.5, 0.6) is 0 Å². The van der Waals surface area contributed by atoms with Gasteiger partial charge < -0.3 is 10.6 Å². The van der Waals surface area contributed by atoms with E-state index in [1.807, 2.05) is 36.4 Å². The number of hydrogen-bond acceptors (Lipinski definition) is 2. The fraction of sp³-hybridized carbons (Fsp3) is 0.381. The van der Waals surface area contributed by atoms with E-state index >= 15 is 0 Å². The summed E-state index contributed by atoms with van der Waals surface area (Å²) in [7, 11) is 0. The third-order valence-electron chi connectivity index (χ3n) is 4.90. The van der Waals surface area contributed by atoms with Crippen LogP contribution in [0.1, 0.15) is 43.2 Å². The average Bonchev–Trinajstić information content (AvgIpc) is 2.63. The van der Waals surface area contributed by atoms with E-state index in [-0.39, 0.29) is 17.9 Å². The first-order valence-corrected chi connectivity index (χ1v) is 8.86. The lowest BCUT2D eigenvalue weighted by Crippen LogP contribution is -2.52. The largest absolute Gasteiger partial charge is 0.352 e. The lowest BCUT2D eigenvalue weighted by atomic mass is 9.88. The number of nitrogens with one attached hydrogen (secondary N) is 2. The first kappa shape index (κ1) is 16.7. The Labute approximate surface area is 144 Å². The molecule has 0 radical (unpaired) electrons. The van der Waals surface area contributed by atoms with Crippen molar-refractivity contribution in [2.24, 2.45) is 0 Å². The molecule has 1 aliphatic heterocycles. The maximum absolute atomic E-state index is 12.7. The minimum Gasteiger partial charge on any atom is -0.352 e. The monoisotopic (exact) mass is 322 g/mol. The molecule has 3 heteroatoms. The lowest BCUT2D eigenvalue weighted by Gasteiger charge is -2.31. The molecule has 1 heterocycles. The third-order valence-corrected chi connectivity index (χ3v) is 4.90. The Morgan fingerprint density at radius 1 is 1.08 bits per heavy atom. The summed E-state index contributed by atoms with van der Waals surface area (Å²) in [5, 5.41) is 6.68. The molecule has 3 rings (SSSR count). The maximum atomic E-state index is 12.7. The van der Waals surface area contributed by atoms with Crippen LogP contribution in [0.25, 0.3) is 0 Å². The van der Waals surface area contributed by atoms with Crippen molar-refractivity contribution < 1.29 is 4.79 Å². The highest BCUT2D eigenvalue weighted by Gasteiger charge is 2.24. The first-order chi connectivity index (χ1) is 11.7. The maximum Gasteiger partial charge on any atom is 0.221 e. The van der Waals surface area contributed by atoms with Crippen molar-refractivity contribution in [1.29, 1.82) is 0 Å². The van der Waals surface area contributed by atoms with Gasteiger partial charge in [-0.3, -0.25) is 4.79 Å². The molecule has 0 bridgehead atoms. The summed E-state index contributed by atoms with van der Waals surface area (Å²) in [6, 6.07) is 21.2. The average molecular weight is 322 g/mol. The van der Waals surface area contributed by atoms with Gasteiger partial charge in [0.15, 0.2) is 0 Å². The van der Waals surface area contributed by atoms with Gasteiger partial charge in [0.05, 0.1) is 0 Å². The summed E-state index contributed by atoms with van der Waals surface area (Å²) in [6.45, 7) is 3.19. The molecule has 2 unspecified atom stereocenters. The van der Waals surface area contributed by atoms with E-state index in [4.69, 9.17) is 0 Å².